The average molecular weight is 332 g/mol. The molecule has 0 unspecified atom stereocenters. The van der Waals surface area contributed by atoms with Gasteiger partial charge in [0.1, 0.15) is 0 Å². The molecule has 1 aromatic heterocycles. The smallest absolute Gasteiger partial charge is 0.0950 e. The van der Waals surface area contributed by atoms with E-state index < -0.39 is 6.10 Å². The summed E-state index contributed by atoms with van der Waals surface area (Å²) in [7, 11) is 0. The molecular weight excluding hydrogens is 300 g/mol. The number of aryl methyl sites for hydroxylation is 1. The lowest BCUT2D eigenvalue weighted by Gasteiger charge is -2.40. The van der Waals surface area contributed by atoms with Crippen molar-refractivity contribution in [3.05, 3.63) is 17.5 Å². The molecule has 0 amide bonds. The van der Waals surface area contributed by atoms with Gasteiger partial charge in [-0.25, -0.2) is 0 Å². The van der Waals surface area contributed by atoms with Gasteiger partial charge in [0, 0.05) is 31.7 Å². The van der Waals surface area contributed by atoms with Crippen molar-refractivity contribution in [1.82, 2.24) is 19.6 Å². The molecule has 0 bridgehead atoms. The van der Waals surface area contributed by atoms with E-state index in [1.807, 2.05) is 0 Å². The molecule has 0 aromatic carbocycles. The van der Waals surface area contributed by atoms with E-state index >= 15 is 0 Å². The molecule has 1 saturated heterocycles. The molecule has 4 rings (SSSR count). The van der Waals surface area contributed by atoms with Crippen LogP contribution in [0.1, 0.15) is 69.4 Å². The molecule has 1 N–H and O–H groups in total. The van der Waals surface area contributed by atoms with Gasteiger partial charge in [0.2, 0.25) is 0 Å². The van der Waals surface area contributed by atoms with Gasteiger partial charge in [-0.3, -0.25) is 9.58 Å². The average Bonchev–Trinajstić information content (AvgIpc) is 3.21. The Bertz CT molecular complexity index is 542. The summed E-state index contributed by atoms with van der Waals surface area (Å²) in [5.74, 6) is 0. The monoisotopic (exact) mass is 332 g/mol. The van der Waals surface area contributed by atoms with Gasteiger partial charge in [-0.1, -0.05) is 12.8 Å². The van der Waals surface area contributed by atoms with Gasteiger partial charge in [-0.15, -0.1) is 0 Å². The van der Waals surface area contributed by atoms with Crippen molar-refractivity contribution >= 4 is 0 Å². The summed E-state index contributed by atoms with van der Waals surface area (Å²) >= 11 is 0. The minimum atomic E-state index is -0.465. The van der Waals surface area contributed by atoms with Crippen LogP contribution in [0.4, 0.5) is 0 Å². The second kappa shape index (κ2) is 7.14. The van der Waals surface area contributed by atoms with E-state index in [0.29, 0.717) is 0 Å². The van der Waals surface area contributed by atoms with E-state index in [-0.39, 0.29) is 0 Å². The van der Waals surface area contributed by atoms with Gasteiger partial charge in [0.15, 0.2) is 0 Å². The van der Waals surface area contributed by atoms with Crippen LogP contribution in [0.5, 0.6) is 0 Å². The van der Waals surface area contributed by atoms with Gasteiger partial charge in [0.05, 0.1) is 17.5 Å². The zero-order chi connectivity index (χ0) is 16.5. The molecular formula is C19H32N4O. The molecule has 0 radical (unpaired) electrons. The number of aromatic nitrogens is 2. The van der Waals surface area contributed by atoms with Gasteiger partial charge in [0.25, 0.3) is 0 Å². The van der Waals surface area contributed by atoms with Gasteiger partial charge in [-0.2, -0.15) is 5.10 Å². The Hall–Kier alpha value is -0.910. The number of rotatable bonds is 3. The lowest BCUT2D eigenvalue weighted by molar-refractivity contribution is 0.0810. The van der Waals surface area contributed by atoms with Crippen molar-refractivity contribution in [2.45, 2.75) is 83.1 Å². The topological polar surface area (TPSA) is 44.5 Å². The van der Waals surface area contributed by atoms with E-state index in [1.165, 1.54) is 63.9 Å². The zero-order valence-electron chi connectivity index (χ0n) is 15.0. The number of piperidine rings is 1. The molecule has 2 aliphatic heterocycles. The van der Waals surface area contributed by atoms with Crippen LogP contribution >= 0.6 is 0 Å². The maximum Gasteiger partial charge on any atom is 0.0950 e. The highest BCUT2D eigenvalue weighted by molar-refractivity contribution is 5.13. The molecule has 1 aromatic rings. The van der Waals surface area contributed by atoms with Crippen LogP contribution in [0.25, 0.3) is 0 Å². The first kappa shape index (κ1) is 16.6. The highest BCUT2D eigenvalue weighted by Gasteiger charge is 2.30. The third-order valence-corrected chi connectivity index (χ3v) is 6.35. The predicted octanol–water partition coefficient (Wildman–Crippen LogP) is 2.55. The second-order valence-corrected chi connectivity index (χ2v) is 7.99. The summed E-state index contributed by atoms with van der Waals surface area (Å²) in [6.07, 6.45) is 9.05. The third-order valence-electron chi connectivity index (χ3n) is 6.35. The Morgan fingerprint density at radius 1 is 0.958 bits per heavy atom. The van der Waals surface area contributed by atoms with E-state index in [4.69, 9.17) is 0 Å². The third kappa shape index (κ3) is 3.39. The van der Waals surface area contributed by atoms with E-state index in [2.05, 4.69) is 25.6 Å². The Labute approximate surface area is 145 Å². The summed E-state index contributed by atoms with van der Waals surface area (Å²) in [6, 6.07) is 3.71. The standard InChI is InChI=1S/C19H32N4O/c1-15(24)19-13-18-14-22(9-4-10-23(18)20-19)17-7-11-21(12-8-17)16-5-2-3-6-16/h13,15-17,24H,2-12,14H2,1H3/t15-/m1/s1. The summed E-state index contributed by atoms with van der Waals surface area (Å²) in [6.45, 7) is 7.53. The zero-order valence-corrected chi connectivity index (χ0v) is 15.0. The minimum Gasteiger partial charge on any atom is -0.387 e. The molecule has 3 heterocycles. The minimum absolute atomic E-state index is 0.465. The fourth-order valence-electron chi connectivity index (χ4n) is 4.91. The summed E-state index contributed by atoms with van der Waals surface area (Å²) in [5, 5.41) is 14.4. The molecule has 134 valence electrons. The second-order valence-electron chi connectivity index (χ2n) is 7.99. The molecule has 1 aliphatic carbocycles. The Morgan fingerprint density at radius 3 is 2.38 bits per heavy atom. The van der Waals surface area contributed by atoms with Crippen LogP contribution in [-0.4, -0.2) is 56.4 Å². The molecule has 1 atom stereocenters. The number of hydrogen-bond donors (Lipinski definition) is 1. The van der Waals surface area contributed by atoms with Gasteiger partial charge in [-0.05, 0) is 58.2 Å². The Kier molecular flexibility index (Phi) is 4.93. The number of aliphatic hydroxyl groups is 1. The van der Waals surface area contributed by atoms with Crippen molar-refractivity contribution < 1.29 is 5.11 Å². The van der Waals surface area contributed by atoms with Crippen LogP contribution in [0.15, 0.2) is 6.07 Å². The summed E-state index contributed by atoms with van der Waals surface area (Å²) < 4.78 is 2.12. The first-order valence-corrected chi connectivity index (χ1v) is 9.93. The Morgan fingerprint density at radius 2 is 1.67 bits per heavy atom. The predicted molar refractivity (Wildman–Crippen MR) is 94.7 cm³/mol. The molecule has 2 fully saturated rings. The van der Waals surface area contributed by atoms with Crippen molar-refractivity contribution in [1.29, 1.82) is 0 Å². The normalized spacial score (nSPS) is 26.4. The van der Waals surface area contributed by atoms with E-state index in [9.17, 15) is 5.11 Å². The maximum absolute atomic E-state index is 9.80. The highest BCUT2D eigenvalue weighted by Crippen LogP contribution is 2.28. The van der Waals surface area contributed by atoms with Crippen LogP contribution < -0.4 is 0 Å². The molecule has 1 saturated carbocycles. The fourth-order valence-corrected chi connectivity index (χ4v) is 4.91. The quantitative estimate of drug-likeness (QED) is 0.924. The number of aliphatic hydroxyl groups excluding tert-OH is 1. The number of hydrogen-bond acceptors (Lipinski definition) is 4. The van der Waals surface area contributed by atoms with Crippen LogP contribution in [-0.2, 0) is 13.1 Å². The number of fused-ring (bicyclic) bond motifs is 1. The van der Waals surface area contributed by atoms with E-state index in [0.717, 1.165) is 37.3 Å². The van der Waals surface area contributed by atoms with Crippen molar-refractivity contribution in [3.8, 4) is 0 Å². The van der Waals surface area contributed by atoms with Crippen LogP contribution in [0.2, 0.25) is 0 Å². The maximum atomic E-state index is 9.80. The molecule has 24 heavy (non-hydrogen) atoms. The largest absolute Gasteiger partial charge is 0.387 e. The van der Waals surface area contributed by atoms with Crippen LogP contribution in [0, 0.1) is 0 Å². The van der Waals surface area contributed by atoms with Crippen LogP contribution in [0.3, 0.4) is 0 Å². The summed E-state index contributed by atoms with van der Waals surface area (Å²) in [4.78, 5) is 5.44. The highest BCUT2D eigenvalue weighted by atomic mass is 16.3. The lowest BCUT2D eigenvalue weighted by atomic mass is 10.0. The number of nitrogens with zero attached hydrogens (tertiary/aromatic N) is 4. The van der Waals surface area contributed by atoms with E-state index in [1.54, 1.807) is 6.92 Å². The van der Waals surface area contributed by atoms with Crippen molar-refractivity contribution in [2.75, 3.05) is 19.6 Å². The van der Waals surface area contributed by atoms with Crippen molar-refractivity contribution in [3.63, 3.8) is 0 Å². The molecule has 5 nitrogen and oxygen atoms in total. The van der Waals surface area contributed by atoms with Gasteiger partial charge < -0.3 is 10.0 Å². The fraction of sp³-hybridized carbons (Fsp3) is 0.842. The lowest BCUT2D eigenvalue weighted by Crippen LogP contribution is -2.47. The van der Waals surface area contributed by atoms with Crippen molar-refractivity contribution in [2.24, 2.45) is 0 Å². The Balaban J connectivity index is 1.37. The molecule has 0 spiro atoms. The molecule has 3 aliphatic rings. The SMILES string of the molecule is C[C@@H](O)c1cc2n(n1)CCCN(C1CCN(C3CCCC3)CC1)C2. The first-order chi connectivity index (χ1) is 11.7. The number of likely N-dealkylation sites (tertiary alicyclic amines) is 1. The van der Waals surface area contributed by atoms with Gasteiger partial charge >= 0.3 is 0 Å². The first-order valence-electron chi connectivity index (χ1n) is 9.93. The molecule has 5 heteroatoms. The summed E-state index contributed by atoms with van der Waals surface area (Å²) in [5.41, 5.74) is 2.10.